The van der Waals surface area contributed by atoms with Crippen molar-refractivity contribution in [3.05, 3.63) is 28.8 Å². The molecule has 0 saturated heterocycles. The Morgan fingerprint density at radius 2 is 1.50 bits per heavy atom. The van der Waals surface area contributed by atoms with Crippen LogP contribution >= 0.6 is 8.60 Å². The molecular formula is C15H25O4P. The lowest BCUT2D eigenvalue weighted by Gasteiger charge is -2.13. The minimum Gasteiger partial charge on any atom is -0.507 e. The molecule has 0 amide bonds. The predicted octanol–water partition coefficient (Wildman–Crippen LogP) is 3.81. The van der Waals surface area contributed by atoms with E-state index < -0.39 is 8.60 Å². The number of phenols is 1. The Morgan fingerprint density at radius 3 is 1.90 bits per heavy atom. The topological polar surface area (TPSA) is 69.9 Å². The van der Waals surface area contributed by atoms with Gasteiger partial charge in [-0.2, -0.15) is 0 Å². The van der Waals surface area contributed by atoms with Crippen molar-refractivity contribution >= 4 is 8.60 Å². The van der Waals surface area contributed by atoms with Crippen LogP contribution in [0.4, 0.5) is 0 Å². The minimum atomic E-state index is -2.34. The van der Waals surface area contributed by atoms with Gasteiger partial charge in [-0.25, -0.2) is 0 Å². The standard InChI is InChI=1S/C15H25O4P/c1-3-5-7-13-9-12(11-19-20(17)18)10-14(15(13)16)8-6-4-2/h9-10,16-18H,3-8,11H2,1-2H3. The molecule has 20 heavy (non-hydrogen) atoms. The first kappa shape index (κ1) is 17.4. The summed E-state index contributed by atoms with van der Waals surface area (Å²) in [6.45, 7) is 4.40. The summed E-state index contributed by atoms with van der Waals surface area (Å²) in [6.07, 6.45) is 5.87. The molecule has 0 radical (unpaired) electrons. The number of aromatic hydroxyl groups is 1. The van der Waals surface area contributed by atoms with E-state index in [-0.39, 0.29) is 6.61 Å². The van der Waals surface area contributed by atoms with Gasteiger partial charge in [0, 0.05) is 0 Å². The molecule has 5 heteroatoms. The molecule has 1 rings (SSSR count). The first-order valence-electron chi connectivity index (χ1n) is 7.22. The summed E-state index contributed by atoms with van der Waals surface area (Å²) in [5.74, 6) is 0.394. The van der Waals surface area contributed by atoms with Gasteiger partial charge in [-0.05, 0) is 54.5 Å². The summed E-state index contributed by atoms with van der Waals surface area (Å²) in [5.41, 5.74) is 2.74. The lowest BCUT2D eigenvalue weighted by molar-refractivity contribution is 0.245. The number of aryl methyl sites for hydroxylation is 2. The van der Waals surface area contributed by atoms with E-state index in [1.807, 2.05) is 12.1 Å². The molecule has 0 heterocycles. The Hall–Kier alpha value is -0.670. The van der Waals surface area contributed by atoms with Gasteiger partial charge in [-0.15, -0.1) is 0 Å². The molecular weight excluding hydrogens is 275 g/mol. The van der Waals surface area contributed by atoms with Gasteiger partial charge in [0.25, 0.3) is 0 Å². The highest BCUT2D eigenvalue weighted by Gasteiger charge is 2.11. The van der Waals surface area contributed by atoms with Crippen molar-refractivity contribution in [3.63, 3.8) is 0 Å². The fraction of sp³-hybridized carbons (Fsp3) is 0.600. The summed E-state index contributed by atoms with van der Waals surface area (Å²) < 4.78 is 4.88. The van der Waals surface area contributed by atoms with Crippen molar-refractivity contribution < 1.29 is 19.4 Å². The third-order valence-electron chi connectivity index (χ3n) is 3.27. The van der Waals surface area contributed by atoms with Gasteiger partial charge in [0.1, 0.15) is 5.75 Å². The van der Waals surface area contributed by atoms with Crippen LogP contribution < -0.4 is 0 Å². The Balaban J connectivity index is 2.92. The van der Waals surface area contributed by atoms with Gasteiger partial charge in [-0.1, -0.05) is 26.7 Å². The van der Waals surface area contributed by atoms with Crippen LogP contribution in [0.15, 0.2) is 12.1 Å². The molecule has 0 saturated carbocycles. The third-order valence-corrected chi connectivity index (χ3v) is 3.63. The first-order valence-corrected chi connectivity index (χ1v) is 8.39. The first-order chi connectivity index (χ1) is 9.58. The lowest BCUT2D eigenvalue weighted by Crippen LogP contribution is -1.97. The molecule has 114 valence electrons. The largest absolute Gasteiger partial charge is 0.507 e. The molecule has 0 aliphatic carbocycles. The lowest BCUT2D eigenvalue weighted by atomic mass is 9.97. The molecule has 1 aromatic carbocycles. The van der Waals surface area contributed by atoms with Crippen molar-refractivity contribution in [2.75, 3.05) is 0 Å². The van der Waals surface area contributed by atoms with E-state index in [9.17, 15) is 5.11 Å². The fourth-order valence-corrected chi connectivity index (χ4v) is 2.43. The smallest absolute Gasteiger partial charge is 0.327 e. The highest BCUT2D eigenvalue weighted by molar-refractivity contribution is 7.39. The van der Waals surface area contributed by atoms with Crippen LogP contribution in [0, 0.1) is 0 Å². The Morgan fingerprint density at radius 1 is 1.00 bits per heavy atom. The van der Waals surface area contributed by atoms with Crippen LogP contribution in [-0.2, 0) is 24.0 Å². The van der Waals surface area contributed by atoms with Crippen LogP contribution in [0.2, 0.25) is 0 Å². The van der Waals surface area contributed by atoms with Crippen LogP contribution in [0.5, 0.6) is 5.75 Å². The van der Waals surface area contributed by atoms with E-state index in [1.54, 1.807) is 0 Å². The number of hydrogen-bond donors (Lipinski definition) is 3. The summed E-state index contributed by atoms with van der Waals surface area (Å²) in [4.78, 5) is 17.7. The Kier molecular flexibility index (Phi) is 8.08. The van der Waals surface area contributed by atoms with Crippen molar-refractivity contribution in [1.29, 1.82) is 0 Å². The third kappa shape index (κ3) is 5.76. The van der Waals surface area contributed by atoms with Gasteiger partial charge < -0.3 is 19.4 Å². The Bertz CT molecular complexity index is 378. The average Bonchev–Trinajstić information content (AvgIpc) is 2.43. The predicted molar refractivity (Wildman–Crippen MR) is 81.5 cm³/mol. The maximum absolute atomic E-state index is 10.3. The summed E-state index contributed by atoms with van der Waals surface area (Å²) >= 11 is 0. The molecule has 0 aliphatic rings. The average molecular weight is 300 g/mol. The van der Waals surface area contributed by atoms with E-state index in [0.29, 0.717) is 5.75 Å². The van der Waals surface area contributed by atoms with Crippen LogP contribution in [0.3, 0.4) is 0 Å². The summed E-state index contributed by atoms with van der Waals surface area (Å²) in [7, 11) is -2.34. The van der Waals surface area contributed by atoms with E-state index in [2.05, 4.69) is 13.8 Å². The summed E-state index contributed by atoms with van der Waals surface area (Å²) in [6, 6.07) is 3.80. The molecule has 0 unspecified atom stereocenters. The summed E-state index contributed by atoms with van der Waals surface area (Å²) in [5, 5.41) is 10.3. The molecule has 0 fully saturated rings. The van der Waals surface area contributed by atoms with Crippen LogP contribution in [-0.4, -0.2) is 14.9 Å². The number of hydrogen-bond acceptors (Lipinski definition) is 4. The van der Waals surface area contributed by atoms with E-state index in [1.165, 1.54) is 0 Å². The SMILES string of the molecule is CCCCc1cc(COP(O)O)cc(CCCC)c1O. The fourth-order valence-electron chi connectivity index (χ4n) is 2.16. The van der Waals surface area contributed by atoms with Crippen LogP contribution in [0.1, 0.15) is 56.2 Å². The molecule has 0 atom stereocenters. The molecule has 0 aliphatic heterocycles. The Labute approximate surface area is 122 Å². The number of phenolic OH excluding ortho intramolecular Hbond substituents is 1. The zero-order chi connectivity index (χ0) is 15.0. The second-order valence-corrected chi connectivity index (χ2v) is 5.76. The van der Waals surface area contributed by atoms with Crippen molar-refractivity contribution in [1.82, 2.24) is 0 Å². The maximum Gasteiger partial charge on any atom is 0.327 e. The highest BCUT2D eigenvalue weighted by atomic mass is 31.2. The van der Waals surface area contributed by atoms with Crippen molar-refractivity contribution in [3.8, 4) is 5.75 Å². The van der Waals surface area contributed by atoms with E-state index in [4.69, 9.17) is 14.3 Å². The number of unbranched alkanes of at least 4 members (excludes halogenated alkanes) is 2. The number of benzene rings is 1. The molecule has 0 spiro atoms. The molecule has 3 N–H and O–H groups in total. The van der Waals surface area contributed by atoms with E-state index >= 15 is 0 Å². The maximum atomic E-state index is 10.3. The quantitative estimate of drug-likeness (QED) is 0.607. The molecule has 1 aromatic rings. The van der Waals surface area contributed by atoms with Gasteiger partial charge in [0.2, 0.25) is 0 Å². The zero-order valence-corrected chi connectivity index (χ0v) is 13.2. The zero-order valence-electron chi connectivity index (χ0n) is 12.3. The minimum absolute atomic E-state index is 0.164. The van der Waals surface area contributed by atoms with Crippen molar-refractivity contribution in [2.45, 2.75) is 59.0 Å². The normalized spacial score (nSPS) is 11.2. The second kappa shape index (κ2) is 9.30. The highest BCUT2D eigenvalue weighted by Crippen LogP contribution is 2.31. The van der Waals surface area contributed by atoms with Gasteiger partial charge in [0.05, 0.1) is 6.61 Å². The second-order valence-electron chi connectivity index (χ2n) is 5.00. The molecule has 4 nitrogen and oxygen atoms in total. The van der Waals surface area contributed by atoms with Crippen molar-refractivity contribution in [2.24, 2.45) is 0 Å². The van der Waals surface area contributed by atoms with Gasteiger partial charge in [0.15, 0.2) is 0 Å². The van der Waals surface area contributed by atoms with Crippen LogP contribution in [0.25, 0.3) is 0 Å². The van der Waals surface area contributed by atoms with E-state index in [0.717, 1.165) is 55.2 Å². The monoisotopic (exact) mass is 300 g/mol. The number of rotatable bonds is 9. The van der Waals surface area contributed by atoms with Gasteiger partial charge >= 0.3 is 8.60 Å². The molecule has 0 aromatic heterocycles. The van der Waals surface area contributed by atoms with Gasteiger partial charge in [-0.3, -0.25) is 0 Å². The molecule has 0 bridgehead atoms.